The normalized spacial score (nSPS) is 10.2. The van der Waals surface area contributed by atoms with Crippen molar-refractivity contribution in [3.63, 3.8) is 0 Å². The molecule has 21 heavy (non-hydrogen) atoms. The molecule has 2 aromatic carbocycles. The van der Waals surface area contributed by atoms with Crippen molar-refractivity contribution >= 4 is 28.9 Å². The molecule has 2 rings (SSSR count). The van der Waals surface area contributed by atoms with Crippen LogP contribution in [-0.2, 0) is 11.3 Å². The minimum atomic E-state index is -0.209. The lowest BCUT2D eigenvalue weighted by Crippen LogP contribution is -2.14. The van der Waals surface area contributed by atoms with E-state index in [1.165, 1.54) is 7.11 Å². The van der Waals surface area contributed by atoms with Crippen molar-refractivity contribution in [1.29, 1.82) is 0 Å². The summed E-state index contributed by atoms with van der Waals surface area (Å²) in [6.07, 6.45) is 0.886. The summed E-state index contributed by atoms with van der Waals surface area (Å²) in [6.45, 7) is 2.05. The van der Waals surface area contributed by atoms with Gasteiger partial charge in [0.1, 0.15) is 0 Å². The van der Waals surface area contributed by atoms with E-state index in [4.69, 9.17) is 16.4 Å². The molecule has 0 aromatic heterocycles. The molecule has 5 heteroatoms. The van der Waals surface area contributed by atoms with Gasteiger partial charge in [-0.15, -0.1) is 0 Å². The maximum atomic E-state index is 12.4. The number of anilines is 2. The van der Waals surface area contributed by atoms with Crippen molar-refractivity contribution in [3.8, 4) is 0 Å². The van der Waals surface area contributed by atoms with Crippen molar-refractivity contribution in [3.05, 3.63) is 58.6 Å². The molecule has 110 valence electrons. The Morgan fingerprint density at radius 1 is 1.19 bits per heavy atom. The molecule has 0 saturated carbocycles. The number of carbonyl (C=O) groups is 1. The average molecular weight is 305 g/mol. The van der Waals surface area contributed by atoms with Crippen LogP contribution in [0.3, 0.4) is 0 Å². The first-order valence-corrected chi connectivity index (χ1v) is 7.00. The van der Waals surface area contributed by atoms with Gasteiger partial charge < -0.3 is 5.32 Å². The molecule has 0 unspecified atom stereocenters. The molecule has 4 nitrogen and oxygen atoms in total. The van der Waals surface area contributed by atoms with E-state index in [0.29, 0.717) is 22.0 Å². The maximum absolute atomic E-state index is 12.4. The van der Waals surface area contributed by atoms with Gasteiger partial charge in [-0.2, -0.15) is 0 Å². The third-order valence-electron chi connectivity index (χ3n) is 3.05. The molecule has 0 radical (unpaired) electrons. The van der Waals surface area contributed by atoms with Gasteiger partial charge in [0.05, 0.1) is 18.4 Å². The van der Waals surface area contributed by atoms with Crippen molar-refractivity contribution < 1.29 is 9.63 Å². The highest BCUT2D eigenvalue weighted by atomic mass is 35.5. The van der Waals surface area contributed by atoms with Gasteiger partial charge in [0, 0.05) is 10.7 Å². The zero-order valence-corrected chi connectivity index (χ0v) is 12.7. The number of benzene rings is 2. The lowest BCUT2D eigenvalue weighted by atomic mass is 10.1. The zero-order valence-electron chi connectivity index (χ0n) is 11.9. The van der Waals surface area contributed by atoms with Gasteiger partial charge >= 0.3 is 0 Å². The first-order chi connectivity index (χ1) is 10.1. The van der Waals surface area contributed by atoms with Crippen molar-refractivity contribution in [2.45, 2.75) is 13.3 Å². The number of rotatable bonds is 5. The Hall–Kier alpha value is -2.04. The molecule has 0 aliphatic heterocycles. The SMILES string of the molecule is CCc1ccc(C(=O)Nc2ccc(Cl)cc2)c(NOC)c1. The number of hydrogen-bond donors (Lipinski definition) is 2. The first kappa shape index (κ1) is 15.4. The summed E-state index contributed by atoms with van der Waals surface area (Å²) >= 11 is 5.83. The standard InChI is InChI=1S/C16H17ClN2O2/c1-3-11-4-9-14(15(10-11)19-21-2)16(20)18-13-7-5-12(17)6-8-13/h4-10,19H,3H2,1-2H3,(H,18,20). The molecule has 2 aromatic rings. The van der Waals surface area contributed by atoms with Gasteiger partial charge in [-0.1, -0.05) is 24.6 Å². The van der Waals surface area contributed by atoms with E-state index in [1.54, 1.807) is 30.3 Å². The van der Waals surface area contributed by atoms with Gasteiger partial charge in [0.2, 0.25) is 0 Å². The number of amides is 1. The maximum Gasteiger partial charge on any atom is 0.257 e. The number of aryl methyl sites for hydroxylation is 1. The predicted molar refractivity (Wildman–Crippen MR) is 85.9 cm³/mol. The summed E-state index contributed by atoms with van der Waals surface area (Å²) in [5, 5.41) is 3.46. The largest absolute Gasteiger partial charge is 0.322 e. The highest BCUT2D eigenvalue weighted by Crippen LogP contribution is 2.21. The Kier molecular flexibility index (Phi) is 5.20. The number of nitrogens with one attached hydrogen (secondary N) is 2. The molecule has 0 atom stereocenters. The molecule has 2 N–H and O–H groups in total. The Morgan fingerprint density at radius 3 is 2.52 bits per heavy atom. The Bertz CT molecular complexity index is 627. The Balaban J connectivity index is 2.23. The van der Waals surface area contributed by atoms with Crippen molar-refractivity contribution in [2.24, 2.45) is 0 Å². The van der Waals surface area contributed by atoms with Crippen LogP contribution in [0.5, 0.6) is 0 Å². The van der Waals surface area contributed by atoms with Crippen LogP contribution < -0.4 is 10.8 Å². The van der Waals surface area contributed by atoms with Crippen molar-refractivity contribution in [1.82, 2.24) is 0 Å². The van der Waals surface area contributed by atoms with Gasteiger partial charge in [-0.3, -0.25) is 15.1 Å². The molecule has 0 aliphatic carbocycles. The van der Waals surface area contributed by atoms with E-state index in [-0.39, 0.29) is 5.91 Å². The molecular weight excluding hydrogens is 288 g/mol. The van der Waals surface area contributed by atoms with Crippen LogP contribution in [0.25, 0.3) is 0 Å². The van der Waals surface area contributed by atoms with Crippen LogP contribution in [0.4, 0.5) is 11.4 Å². The van der Waals surface area contributed by atoms with E-state index in [0.717, 1.165) is 12.0 Å². The monoisotopic (exact) mass is 304 g/mol. The number of hydrogen-bond acceptors (Lipinski definition) is 3. The number of carbonyl (C=O) groups excluding carboxylic acids is 1. The molecule has 1 amide bonds. The summed E-state index contributed by atoms with van der Waals surface area (Å²) in [7, 11) is 1.51. The fourth-order valence-electron chi connectivity index (χ4n) is 1.94. The summed E-state index contributed by atoms with van der Waals surface area (Å²) in [5.74, 6) is -0.209. The van der Waals surface area contributed by atoms with Crippen LogP contribution in [0.2, 0.25) is 5.02 Å². The Labute approximate surface area is 129 Å². The fraction of sp³-hybridized carbons (Fsp3) is 0.188. The van der Waals surface area contributed by atoms with Crippen LogP contribution >= 0.6 is 11.6 Å². The highest BCUT2D eigenvalue weighted by molar-refractivity contribution is 6.30. The highest BCUT2D eigenvalue weighted by Gasteiger charge is 2.12. The van der Waals surface area contributed by atoms with Crippen LogP contribution in [0.15, 0.2) is 42.5 Å². The lowest BCUT2D eigenvalue weighted by Gasteiger charge is -2.12. The summed E-state index contributed by atoms with van der Waals surface area (Å²) in [4.78, 5) is 17.3. The van der Waals surface area contributed by atoms with E-state index < -0.39 is 0 Å². The molecule has 0 saturated heterocycles. The van der Waals surface area contributed by atoms with Gasteiger partial charge in [-0.25, -0.2) is 0 Å². The minimum Gasteiger partial charge on any atom is -0.322 e. The molecule has 0 heterocycles. The van der Waals surface area contributed by atoms with Gasteiger partial charge in [0.15, 0.2) is 0 Å². The molecule has 0 spiro atoms. The molecule has 0 aliphatic rings. The lowest BCUT2D eigenvalue weighted by molar-refractivity contribution is 0.102. The predicted octanol–water partition coefficient (Wildman–Crippen LogP) is 4.13. The fourth-order valence-corrected chi connectivity index (χ4v) is 2.06. The van der Waals surface area contributed by atoms with Crippen molar-refractivity contribution in [2.75, 3.05) is 17.9 Å². The van der Waals surface area contributed by atoms with Gasteiger partial charge in [0.25, 0.3) is 5.91 Å². The van der Waals surface area contributed by atoms with Crippen LogP contribution in [0, 0.1) is 0 Å². The third-order valence-corrected chi connectivity index (χ3v) is 3.30. The topological polar surface area (TPSA) is 50.4 Å². The Morgan fingerprint density at radius 2 is 1.90 bits per heavy atom. The molecule has 0 fully saturated rings. The van der Waals surface area contributed by atoms with E-state index in [2.05, 4.69) is 17.7 Å². The second-order valence-corrected chi connectivity index (χ2v) is 4.94. The van der Waals surface area contributed by atoms with Crippen LogP contribution in [-0.4, -0.2) is 13.0 Å². The van der Waals surface area contributed by atoms with E-state index >= 15 is 0 Å². The second kappa shape index (κ2) is 7.11. The number of halogens is 1. The molecular formula is C16H17ClN2O2. The summed E-state index contributed by atoms with van der Waals surface area (Å²) in [6, 6.07) is 12.6. The quantitative estimate of drug-likeness (QED) is 0.817. The smallest absolute Gasteiger partial charge is 0.257 e. The summed E-state index contributed by atoms with van der Waals surface area (Å²) < 4.78 is 0. The molecule has 0 bridgehead atoms. The zero-order chi connectivity index (χ0) is 15.2. The van der Waals surface area contributed by atoms with E-state index in [9.17, 15) is 4.79 Å². The van der Waals surface area contributed by atoms with Crippen LogP contribution in [0.1, 0.15) is 22.8 Å². The average Bonchev–Trinajstić information content (AvgIpc) is 2.49. The van der Waals surface area contributed by atoms with E-state index in [1.807, 2.05) is 12.1 Å². The summed E-state index contributed by atoms with van der Waals surface area (Å²) in [5.41, 5.74) is 5.71. The van der Waals surface area contributed by atoms with Gasteiger partial charge in [-0.05, 0) is 48.4 Å². The third kappa shape index (κ3) is 3.97. The minimum absolute atomic E-state index is 0.209. The second-order valence-electron chi connectivity index (χ2n) is 4.50. The first-order valence-electron chi connectivity index (χ1n) is 6.63.